The summed E-state index contributed by atoms with van der Waals surface area (Å²) in [6.45, 7) is 0.556. The Morgan fingerprint density at radius 3 is 2.76 bits per heavy atom. The van der Waals surface area contributed by atoms with Crippen molar-refractivity contribution in [1.82, 2.24) is 0 Å². The quantitative estimate of drug-likeness (QED) is 0.580. The molecule has 1 rings (SSSR count). The zero-order chi connectivity index (χ0) is 12.7. The minimum atomic E-state index is -0.894. The van der Waals surface area contributed by atoms with Gasteiger partial charge in [-0.05, 0) is 18.1 Å². The van der Waals surface area contributed by atoms with Gasteiger partial charge < -0.3 is 9.84 Å². The van der Waals surface area contributed by atoms with E-state index in [1.54, 1.807) is 31.4 Å². The largest absolute Gasteiger partial charge is 0.481 e. The third kappa shape index (κ3) is 4.78. The Morgan fingerprint density at radius 1 is 1.35 bits per heavy atom. The van der Waals surface area contributed by atoms with Gasteiger partial charge in [-0.15, -0.1) is 0 Å². The zero-order valence-electron chi connectivity index (χ0n) is 9.81. The van der Waals surface area contributed by atoms with Crippen LogP contribution in [0.1, 0.15) is 28.8 Å². The Hall–Kier alpha value is -1.68. The van der Waals surface area contributed by atoms with Crippen LogP contribution in [0.15, 0.2) is 24.3 Å². The van der Waals surface area contributed by atoms with Crippen LogP contribution in [0.2, 0.25) is 0 Å². The summed E-state index contributed by atoms with van der Waals surface area (Å²) >= 11 is 0. The van der Waals surface area contributed by atoms with Crippen LogP contribution in [0, 0.1) is 0 Å². The SMILES string of the molecule is COCCCC(=O)c1cccc(CC(=O)O)c1. The van der Waals surface area contributed by atoms with Crippen LogP contribution < -0.4 is 0 Å². The van der Waals surface area contributed by atoms with Gasteiger partial charge in [0, 0.05) is 25.7 Å². The van der Waals surface area contributed by atoms with Crippen LogP contribution in [-0.2, 0) is 16.0 Å². The Bertz CT molecular complexity index is 398. The zero-order valence-corrected chi connectivity index (χ0v) is 9.81. The number of carbonyl (C=O) groups is 2. The highest BCUT2D eigenvalue weighted by Crippen LogP contribution is 2.09. The molecule has 17 heavy (non-hydrogen) atoms. The van der Waals surface area contributed by atoms with E-state index in [-0.39, 0.29) is 12.2 Å². The first-order valence-electron chi connectivity index (χ1n) is 5.46. The number of methoxy groups -OCH3 is 1. The van der Waals surface area contributed by atoms with E-state index in [1.807, 2.05) is 0 Å². The summed E-state index contributed by atoms with van der Waals surface area (Å²) in [4.78, 5) is 22.3. The van der Waals surface area contributed by atoms with Crippen molar-refractivity contribution in [1.29, 1.82) is 0 Å². The molecule has 0 unspecified atom stereocenters. The highest BCUT2D eigenvalue weighted by molar-refractivity contribution is 5.96. The first-order chi connectivity index (χ1) is 8.13. The molecule has 1 N–H and O–H groups in total. The summed E-state index contributed by atoms with van der Waals surface area (Å²) in [6.07, 6.45) is 1.04. The summed E-state index contributed by atoms with van der Waals surface area (Å²) in [7, 11) is 1.60. The third-order valence-corrected chi connectivity index (χ3v) is 2.36. The van der Waals surface area contributed by atoms with E-state index >= 15 is 0 Å². The lowest BCUT2D eigenvalue weighted by atomic mass is 10.0. The van der Waals surface area contributed by atoms with Gasteiger partial charge in [-0.25, -0.2) is 0 Å². The number of carboxylic acids is 1. The summed E-state index contributed by atoms with van der Waals surface area (Å²) in [5.41, 5.74) is 1.22. The summed E-state index contributed by atoms with van der Waals surface area (Å²) in [5.74, 6) is -0.872. The van der Waals surface area contributed by atoms with Crippen molar-refractivity contribution in [3.63, 3.8) is 0 Å². The lowest BCUT2D eigenvalue weighted by Gasteiger charge is -2.03. The first-order valence-corrected chi connectivity index (χ1v) is 5.46. The molecule has 0 aliphatic rings. The molecule has 0 fully saturated rings. The molecule has 0 aromatic heterocycles. The van der Waals surface area contributed by atoms with Gasteiger partial charge in [0.15, 0.2) is 5.78 Å². The molecule has 0 aliphatic heterocycles. The van der Waals surface area contributed by atoms with Crippen molar-refractivity contribution < 1.29 is 19.4 Å². The van der Waals surface area contributed by atoms with Crippen molar-refractivity contribution in [3.05, 3.63) is 35.4 Å². The smallest absolute Gasteiger partial charge is 0.307 e. The van der Waals surface area contributed by atoms with Crippen LogP contribution in [0.25, 0.3) is 0 Å². The minimum Gasteiger partial charge on any atom is -0.481 e. The fourth-order valence-corrected chi connectivity index (χ4v) is 1.55. The highest BCUT2D eigenvalue weighted by Gasteiger charge is 2.07. The maximum atomic E-state index is 11.8. The molecule has 1 aromatic carbocycles. The third-order valence-electron chi connectivity index (χ3n) is 2.36. The average Bonchev–Trinajstić information content (AvgIpc) is 2.28. The van der Waals surface area contributed by atoms with Gasteiger partial charge in [-0.3, -0.25) is 9.59 Å². The molecule has 0 saturated carbocycles. The predicted octanol–water partition coefficient (Wildman–Crippen LogP) is 1.92. The number of aliphatic carboxylic acids is 1. The van der Waals surface area contributed by atoms with Gasteiger partial charge in [0.05, 0.1) is 6.42 Å². The molecule has 0 saturated heterocycles. The molecule has 0 radical (unpaired) electrons. The van der Waals surface area contributed by atoms with Crippen LogP contribution in [-0.4, -0.2) is 30.6 Å². The maximum Gasteiger partial charge on any atom is 0.307 e. The number of rotatable bonds is 7. The molecule has 4 nitrogen and oxygen atoms in total. The van der Waals surface area contributed by atoms with Gasteiger partial charge in [0.1, 0.15) is 0 Å². The average molecular weight is 236 g/mol. The molecule has 0 heterocycles. The molecular weight excluding hydrogens is 220 g/mol. The Balaban J connectivity index is 2.63. The van der Waals surface area contributed by atoms with Gasteiger partial charge in [0.25, 0.3) is 0 Å². The fourth-order valence-electron chi connectivity index (χ4n) is 1.55. The number of Topliss-reactive ketones (excluding diaryl/α,β-unsaturated/α-hetero) is 1. The molecular formula is C13H16O4. The van der Waals surface area contributed by atoms with E-state index in [9.17, 15) is 9.59 Å². The molecule has 0 bridgehead atoms. The second-order valence-electron chi connectivity index (χ2n) is 3.79. The number of carboxylic acid groups (broad SMARTS) is 1. The highest BCUT2D eigenvalue weighted by atomic mass is 16.5. The van der Waals surface area contributed by atoms with Crippen molar-refractivity contribution in [2.45, 2.75) is 19.3 Å². The minimum absolute atomic E-state index is 0.0225. The van der Waals surface area contributed by atoms with E-state index in [0.717, 1.165) is 0 Å². The molecule has 0 amide bonds. The summed E-state index contributed by atoms with van der Waals surface area (Å²) in [5, 5.41) is 8.67. The lowest BCUT2D eigenvalue weighted by molar-refractivity contribution is -0.136. The summed E-state index contributed by atoms with van der Waals surface area (Å²) in [6, 6.07) is 6.77. The number of benzene rings is 1. The second-order valence-corrected chi connectivity index (χ2v) is 3.79. The number of ketones is 1. The standard InChI is InChI=1S/C13H16O4/c1-17-7-3-6-12(14)11-5-2-4-10(8-11)9-13(15)16/h2,4-5,8H,3,6-7,9H2,1H3,(H,15,16). The van der Waals surface area contributed by atoms with Crippen LogP contribution in [0.3, 0.4) is 0 Å². The van der Waals surface area contributed by atoms with E-state index in [4.69, 9.17) is 9.84 Å². The molecule has 1 aromatic rings. The topological polar surface area (TPSA) is 63.6 Å². The number of ether oxygens (including phenoxy) is 1. The maximum absolute atomic E-state index is 11.8. The van der Waals surface area contributed by atoms with E-state index in [2.05, 4.69) is 0 Å². The van der Waals surface area contributed by atoms with Gasteiger partial charge in [-0.1, -0.05) is 18.2 Å². The van der Waals surface area contributed by atoms with Gasteiger partial charge in [0.2, 0.25) is 0 Å². The normalized spacial score (nSPS) is 10.2. The van der Waals surface area contributed by atoms with Crippen LogP contribution in [0.4, 0.5) is 0 Å². The molecule has 4 heteroatoms. The molecule has 0 spiro atoms. The summed E-state index contributed by atoms with van der Waals surface area (Å²) < 4.78 is 4.87. The lowest BCUT2D eigenvalue weighted by Crippen LogP contribution is -2.04. The van der Waals surface area contributed by atoms with Crippen LogP contribution in [0.5, 0.6) is 0 Å². The van der Waals surface area contributed by atoms with E-state index in [1.165, 1.54) is 0 Å². The fraction of sp³-hybridized carbons (Fsp3) is 0.385. The van der Waals surface area contributed by atoms with Gasteiger partial charge >= 0.3 is 5.97 Å². The molecule has 0 atom stereocenters. The molecule has 92 valence electrons. The number of carbonyl (C=O) groups excluding carboxylic acids is 1. The van der Waals surface area contributed by atoms with Crippen molar-refractivity contribution in [3.8, 4) is 0 Å². The predicted molar refractivity (Wildman–Crippen MR) is 63.2 cm³/mol. The van der Waals surface area contributed by atoms with Crippen molar-refractivity contribution >= 4 is 11.8 Å². The molecule has 0 aliphatic carbocycles. The Morgan fingerprint density at radius 2 is 2.12 bits per heavy atom. The van der Waals surface area contributed by atoms with Crippen molar-refractivity contribution in [2.75, 3.05) is 13.7 Å². The number of hydrogen-bond acceptors (Lipinski definition) is 3. The first kappa shape index (κ1) is 13.4. The van der Waals surface area contributed by atoms with Gasteiger partial charge in [-0.2, -0.15) is 0 Å². The van der Waals surface area contributed by atoms with Crippen LogP contribution >= 0.6 is 0 Å². The Kier molecular flexibility index (Phi) is 5.36. The van der Waals surface area contributed by atoms with E-state index in [0.29, 0.717) is 30.6 Å². The van der Waals surface area contributed by atoms with E-state index < -0.39 is 5.97 Å². The Labute approximate surface area is 100 Å². The second kappa shape index (κ2) is 6.81. The monoisotopic (exact) mass is 236 g/mol. The number of hydrogen-bond donors (Lipinski definition) is 1. The van der Waals surface area contributed by atoms with Crippen molar-refractivity contribution in [2.24, 2.45) is 0 Å².